The van der Waals surface area contributed by atoms with Crippen molar-refractivity contribution < 1.29 is 9.15 Å². The van der Waals surface area contributed by atoms with Crippen molar-refractivity contribution in [2.24, 2.45) is 0 Å². The highest BCUT2D eigenvalue weighted by atomic mass is 16.5. The van der Waals surface area contributed by atoms with Crippen LogP contribution < -0.4 is 5.32 Å². The molecule has 0 amide bonds. The highest BCUT2D eigenvalue weighted by Crippen LogP contribution is 2.24. The van der Waals surface area contributed by atoms with Crippen molar-refractivity contribution in [3.05, 3.63) is 24.2 Å². The Morgan fingerprint density at radius 2 is 2.24 bits per heavy atom. The average molecular weight is 239 g/mol. The van der Waals surface area contributed by atoms with Gasteiger partial charge in [0, 0.05) is 18.7 Å². The van der Waals surface area contributed by atoms with Crippen LogP contribution in [0.25, 0.3) is 0 Å². The Morgan fingerprint density at radius 3 is 2.76 bits per heavy atom. The van der Waals surface area contributed by atoms with Gasteiger partial charge in [-0.3, -0.25) is 0 Å². The normalized spacial score (nSPS) is 13.9. The first-order valence-electron chi connectivity index (χ1n) is 6.39. The van der Waals surface area contributed by atoms with Crippen molar-refractivity contribution >= 4 is 0 Å². The maximum Gasteiger partial charge on any atom is 0.0950 e. The van der Waals surface area contributed by atoms with E-state index in [1.807, 2.05) is 12.3 Å². The molecule has 0 aliphatic carbocycles. The van der Waals surface area contributed by atoms with Crippen LogP contribution in [0.3, 0.4) is 0 Å². The van der Waals surface area contributed by atoms with Gasteiger partial charge in [0.2, 0.25) is 0 Å². The molecular weight excluding hydrogens is 214 g/mol. The fraction of sp³-hybridized carbons (Fsp3) is 0.714. The lowest BCUT2D eigenvalue weighted by molar-refractivity contribution is 0.0116. The van der Waals surface area contributed by atoms with Crippen molar-refractivity contribution in [3.63, 3.8) is 0 Å². The third-order valence-electron chi connectivity index (χ3n) is 3.17. The zero-order valence-electron chi connectivity index (χ0n) is 11.5. The van der Waals surface area contributed by atoms with Crippen LogP contribution in [0.2, 0.25) is 0 Å². The number of nitrogens with one attached hydrogen (secondary N) is 1. The van der Waals surface area contributed by atoms with Crippen LogP contribution in [-0.2, 0) is 4.74 Å². The summed E-state index contributed by atoms with van der Waals surface area (Å²) in [5.41, 5.74) is 1.17. The van der Waals surface area contributed by atoms with E-state index in [2.05, 4.69) is 26.1 Å². The van der Waals surface area contributed by atoms with Crippen molar-refractivity contribution in [1.82, 2.24) is 5.32 Å². The zero-order valence-corrected chi connectivity index (χ0v) is 11.5. The van der Waals surface area contributed by atoms with Crippen LogP contribution in [0.15, 0.2) is 23.0 Å². The van der Waals surface area contributed by atoms with Gasteiger partial charge in [-0.2, -0.15) is 0 Å². The third kappa shape index (κ3) is 4.92. The molecule has 0 aromatic carbocycles. The van der Waals surface area contributed by atoms with Gasteiger partial charge < -0.3 is 14.5 Å². The van der Waals surface area contributed by atoms with Gasteiger partial charge in [0.05, 0.1) is 18.1 Å². The molecule has 17 heavy (non-hydrogen) atoms. The fourth-order valence-corrected chi connectivity index (χ4v) is 1.77. The first-order valence-corrected chi connectivity index (χ1v) is 6.39. The lowest BCUT2D eigenvalue weighted by atomic mass is 9.96. The van der Waals surface area contributed by atoms with Crippen LogP contribution in [0.1, 0.15) is 51.6 Å². The summed E-state index contributed by atoms with van der Waals surface area (Å²) in [5.74, 6) is 0. The summed E-state index contributed by atoms with van der Waals surface area (Å²) in [6.07, 6.45) is 6.78. The van der Waals surface area contributed by atoms with Crippen molar-refractivity contribution in [1.29, 1.82) is 0 Å². The van der Waals surface area contributed by atoms with Crippen molar-refractivity contribution in [2.75, 3.05) is 13.7 Å². The average Bonchev–Trinajstić information content (AvgIpc) is 2.83. The number of furan rings is 1. The number of hydrogen-bond acceptors (Lipinski definition) is 3. The number of ether oxygens (including phenoxy) is 1. The summed E-state index contributed by atoms with van der Waals surface area (Å²) >= 11 is 0. The second kappa shape index (κ2) is 6.82. The molecule has 3 heteroatoms. The molecule has 0 saturated heterocycles. The highest BCUT2D eigenvalue weighted by Gasteiger charge is 2.20. The Kier molecular flexibility index (Phi) is 5.72. The maximum atomic E-state index is 5.46. The molecule has 1 aromatic rings. The number of rotatable bonds is 8. The van der Waals surface area contributed by atoms with E-state index in [-0.39, 0.29) is 5.60 Å². The van der Waals surface area contributed by atoms with E-state index < -0.39 is 0 Å². The molecule has 0 saturated carbocycles. The Labute approximate surface area is 105 Å². The summed E-state index contributed by atoms with van der Waals surface area (Å²) in [4.78, 5) is 0. The molecule has 1 N–H and O–H groups in total. The molecular formula is C14H25NO2. The Bertz CT molecular complexity index is 293. The van der Waals surface area contributed by atoms with E-state index in [1.165, 1.54) is 5.56 Å². The summed E-state index contributed by atoms with van der Waals surface area (Å²) in [5, 5.41) is 3.55. The molecule has 1 aromatic heterocycles. The summed E-state index contributed by atoms with van der Waals surface area (Å²) in [7, 11) is 1.77. The van der Waals surface area contributed by atoms with E-state index in [0.717, 1.165) is 25.8 Å². The molecule has 0 aliphatic heterocycles. The molecule has 0 fully saturated rings. The molecule has 0 bridgehead atoms. The van der Waals surface area contributed by atoms with Crippen molar-refractivity contribution in [3.8, 4) is 0 Å². The van der Waals surface area contributed by atoms with Gasteiger partial charge in [-0.05, 0) is 45.7 Å². The smallest absolute Gasteiger partial charge is 0.0950 e. The van der Waals surface area contributed by atoms with E-state index >= 15 is 0 Å². The molecule has 0 aliphatic rings. The van der Waals surface area contributed by atoms with Gasteiger partial charge in [0.25, 0.3) is 0 Å². The predicted molar refractivity (Wildman–Crippen MR) is 70.1 cm³/mol. The standard InChI is InChI=1S/C14H25NO2/c1-5-9-15-13(12-7-10-17-11-12)6-8-14(2,3)16-4/h7,10-11,13,15H,5-6,8-9H2,1-4H3. The van der Waals surface area contributed by atoms with Gasteiger partial charge in [-0.1, -0.05) is 6.92 Å². The first-order chi connectivity index (χ1) is 8.09. The molecule has 1 unspecified atom stereocenters. The molecule has 98 valence electrons. The van der Waals surface area contributed by atoms with Gasteiger partial charge in [0.1, 0.15) is 0 Å². The van der Waals surface area contributed by atoms with Gasteiger partial charge >= 0.3 is 0 Å². The molecule has 1 rings (SSSR count). The number of methoxy groups -OCH3 is 1. The highest BCUT2D eigenvalue weighted by molar-refractivity contribution is 5.11. The molecule has 3 nitrogen and oxygen atoms in total. The zero-order chi connectivity index (χ0) is 12.7. The second-order valence-corrected chi connectivity index (χ2v) is 5.07. The van der Waals surface area contributed by atoms with Crippen LogP contribution in [0, 0.1) is 0 Å². The van der Waals surface area contributed by atoms with Gasteiger partial charge in [-0.25, -0.2) is 0 Å². The minimum Gasteiger partial charge on any atom is -0.472 e. The lowest BCUT2D eigenvalue weighted by Crippen LogP contribution is -2.27. The predicted octanol–water partition coefficient (Wildman–Crippen LogP) is 3.53. The van der Waals surface area contributed by atoms with Crippen molar-refractivity contribution in [2.45, 2.75) is 51.7 Å². The van der Waals surface area contributed by atoms with Gasteiger partial charge in [0.15, 0.2) is 0 Å². The molecule has 1 heterocycles. The summed E-state index contributed by atoms with van der Waals surface area (Å²) < 4.78 is 10.6. The molecule has 1 atom stereocenters. The van der Waals surface area contributed by atoms with E-state index in [4.69, 9.17) is 9.15 Å². The van der Waals surface area contributed by atoms with E-state index in [0.29, 0.717) is 6.04 Å². The van der Waals surface area contributed by atoms with Crippen LogP contribution in [-0.4, -0.2) is 19.3 Å². The molecule has 0 radical (unpaired) electrons. The summed E-state index contributed by atoms with van der Waals surface area (Å²) in [6, 6.07) is 2.40. The lowest BCUT2D eigenvalue weighted by Gasteiger charge is -2.26. The molecule has 0 spiro atoms. The second-order valence-electron chi connectivity index (χ2n) is 5.07. The topological polar surface area (TPSA) is 34.4 Å². The van der Waals surface area contributed by atoms with Gasteiger partial charge in [-0.15, -0.1) is 0 Å². The Hall–Kier alpha value is -0.800. The van der Waals surface area contributed by atoms with E-state index in [1.54, 1.807) is 13.4 Å². The number of hydrogen-bond donors (Lipinski definition) is 1. The van der Waals surface area contributed by atoms with Crippen LogP contribution in [0.5, 0.6) is 0 Å². The monoisotopic (exact) mass is 239 g/mol. The van der Waals surface area contributed by atoms with Crippen LogP contribution in [0.4, 0.5) is 0 Å². The minimum absolute atomic E-state index is 0.0596. The fourth-order valence-electron chi connectivity index (χ4n) is 1.77. The Morgan fingerprint density at radius 1 is 1.47 bits per heavy atom. The third-order valence-corrected chi connectivity index (χ3v) is 3.17. The Balaban J connectivity index is 2.53. The van der Waals surface area contributed by atoms with Crippen LogP contribution >= 0.6 is 0 Å². The van der Waals surface area contributed by atoms with E-state index in [9.17, 15) is 0 Å². The SMILES string of the molecule is CCCNC(CCC(C)(C)OC)c1ccoc1. The minimum atomic E-state index is -0.0596. The quantitative estimate of drug-likeness (QED) is 0.753. The maximum absolute atomic E-state index is 5.46. The first kappa shape index (κ1) is 14.3. The largest absolute Gasteiger partial charge is 0.472 e. The summed E-state index contributed by atoms with van der Waals surface area (Å²) in [6.45, 7) is 7.46.